The fraction of sp³-hybridized carbons (Fsp3) is 0.278. The molecule has 9 nitrogen and oxygen atoms in total. The number of aryl methyl sites for hydroxylation is 1. The SMILES string of the molecule is COc1ccc(C)cc1NC(=O)COC(=O)C1=CN2CCS(=O)(=O)N=C2C=C1. The number of amides is 1. The molecule has 1 aromatic rings. The Hall–Kier alpha value is -3.14. The number of anilines is 1. The highest BCUT2D eigenvalue weighted by atomic mass is 32.2. The van der Waals surface area contributed by atoms with E-state index in [1.54, 1.807) is 17.0 Å². The van der Waals surface area contributed by atoms with E-state index in [1.165, 1.54) is 25.5 Å². The highest BCUT2D eigenvalue weighted by Gasteiger charge is 2.25. The number of hydrogen-bond acceptors (Lipinski definition) is 7. The summed E-state index contributed by atoms with van der Waals surface area (Å²) in [5.41, 5.74) is 1.61. The fourth-order valence-corrected chi connectivity index (χ4v) is 3.61. The van der Waals surface area contributed by atoms with Gasteiger partial charge in [0.1, 0.15) is 11.6 Å². The van der Waals surface area contributed by atoms with E-state index in [2.05, 4.69) is 9.71 Å². The van der Waals surface area contributed by atoms with Gasteiger partial charge in [0.25, 0.3) is 15.9 Å². The number of nitrogens with zero attached hydrogens (tertiary/aromatic N) is 2. The third-order valence-corrected chi connectivity index (χ3v) is 5.19. The molecule has 0 fully saturated rings. The third-order valence-electron chi connectivity index (χ3n) is 4.02. The molecule has 1 aromatic carbocycles. The maximum atomic E-state index is 12.2. The van der Waals surface area contributed by atoms with Crippen molar-refractivity contribution in [3.05, 3.63) is 47.7 Å². The van der Waals surface area contributed by atoms with Crippen molar-refractivity contribution in [2.45, 2.75) is 6.92 Å². The molecule has 2 aliphatic rings. The average molecular weight is 405 g/mol. The standard InChI is InChI=1S/C18H19N3O6S/c1-12-3-5-15(26-2)14(9-12)19-17(22)11-27-18(23)13-4-6-16-20-28(24,25)8-7-21(16)10-13/h3-6,9-10H,7-8,11H2,1-2H3,(H,19,22). The molecule has 0 spiro atoms. The van der Waals surface area contributed by atoms with Gasteiger partial charge in [0, 0.05) is 12.7 Å². The lowest BCUT2D eigenvalue weighted by molar-refractivity contribution is -0.143. The maximum Gasteiger partial charge on any atom is 0.340 e. The van der Waals surface area contributed by atoms with Crippen molar-refractivity contribution in [1.82, 2.24) is 4.90 Å². The molecule has 28 heavy (non-hydrogen) atoms. The van der Waals surface area contributed by atoms with Crippen LogP contribution in [-0.2, 0) is 24.3 Å². The van der Waals surface area contributed by atoms with Crippen molar-refractivity contribution >= 4 is 33.4 Å². The van der Waals surface area contributed by atoms with Crippen LogP contribution in [0.4, 0.5) is 5.69 Å². The van der Waals surface area contributed by atoms with Crippen LogP contribution in [0.3, 0.4) is 0 Å². The first-order valence-corrected chi connectivity index (χ1v) is 9.99. The van der Waals surface area contributed by atoms with E-state index in [-0.39, 0.29) is 23.7 Å². The van der Waals surface area contributed by atoms with Crippen LogP contribution in [0.25, 0.3) is 0 Å². The molecule has 0 aliphatic carbocycles. The molecule has 2 aliphatic heterocycles. The van der Waals surface area contributed by atoms with Crippen molar-refractivity contribution in [2.24, 2.45) is 4.40 Å². The van der Waals surface area contributed by atoms with Gasteiger partial charge in [-0.1, -0.05) is 6.07 Å². The number of fused-ring (bicyclic) bond motifs is 1. The number of amidine groups is 1. The lowest BCUT2D eigenvalue weighted by Gasteiger charge is -2.26. The third kappa shape index (κ3) is 4.58. The second-order valence-corrected chi connectivity index (χ2v) is 7.93. The van der Waals surface area contributed by atoms with Gasteiger partial charge in [-0.05, 0) is 36.8 Å². The largest absolute Gasteiger partial charge is 0.495 e. The summed E-state index contributed by atoms with van der Waals surface area (Å²) in [6, 6.07) is 5.32. The number of benzene rings is 1. The van der Waals surface area contributed by atoms with Crippen LogP contribution >= 0.6 is 0 Å². The van der Waals surface area contributed by atoms with Gasteiger partial charge in [-0.3, -0.25) is 4.79 Å². The van der Waals surface area contributed by atoms with Crippen LogP contribution in [-0.4, -0.2) is 57.0 Å². The highest BCUT2D eigenvalue weighted by molar-refractivity contribution is 7.90. The number of hydrogen-bond donors (Lipinski definition) is 1. The summed E-state index contributed by atoms with van der Waals surface area (Å²) in [7, 11) is -1.97. The summed E-state index contributed by atoms with van der Waals surface area (Å²) in [5, 5.41) is 2.64. The second kappa shape index (κ2) is 7.85. The summed E-state index contributed by atoms with van der Waals surface area (Å²) in [4.78, 5) is 25.9. The molecule has 3 rings (SSSR count). The maximum absolute atomic E-state index is 12.2. The molecule has 0 atom stereocenters. The molecule has 0 saturated heterocycles. The number of esters is 1. The summed E-state index contributed by atoms with van der Waals surface area (Å²) < 4.78 is 36.9. The number of carbonyl (C=O) groups is 2. The zero-order valence-electron chi connectivity index (χ0n) is 15.3. The Morgan fingerprint density at radius 2 is 2.07 bits per heavy atom. The zero-order valence-corrected chi connectivity index (χ0v) is 16.2. The second-order valence-electron chi connectivity index (χ2n) is 6.17. The van der Waals surface area contributed by atoms with Crippen molar-refractivity contribution in [3.8, 4) is 5.75 Å². The van der Waals surface area contributed by atoms with Crippen LogP contribution < -0.4 is 10.1 Å². The normalized spacial score (nSPS) is 17.1. The van der Waals surface area contributed by atoms with E-state index in [4.69, 9.17) is 9.47 Å². The van der Waals surface area contributed by atoms with E-state index >= 15 is 0 Å². The van der Waals surface area contributed by atoms with Gasteiger partial charge < -0.3 is 19.7 Å². The fourth-order valence-electron chi connectivity index (χ4n) is 2.64. The summed E-state index contributed by atoms with van der Waals surface area (Å²) >= 11 is 0. The number of nitrogens with one attached hydrogen (secondary N) is 1. The van der Waals surface area contributed by atoms with Crippen molar-refractivity contribution in [2.75, 3.05) is 31.3 Å². The lowest BCUT2D eigenvalue weighted by atomic mass is 10.2. The first-order chi connectivity index (χ1) is 13.3. The Balaban J connectivity index is 1.59. The van der Waals surface area contributed by atoms with E-state index in [9.17, 15) is 18.0 Å². The zero-order chi connectivity index (χ0) is 20.3. The Morgan fingerprint density at radius 1 is 1.29 bits per heavy atom. The molecule has 0 saturated carbocycles. The Bertz CT molecular complexity index is 1010. The quantitative estimate of drug-likeness (QED) is 0.726. The minimum atomic E-state index is -3.46. The van der Waals surface area contributed by atoms with Gasteiger partial charge in [0.2, 0.25) is 0 Å². The molecular weight excluding hydrogens is 386 g/mol. The van der Waals surface area contributed by atoms with Crippen molar-refractivity contribution < 1.29 is 27.5 Å². The monoisotopic (exact) mass is 405 g/mol. The summed E-state index contributed by atoms with van der Waals surface area (Å²) in [6.07, 6.45) is 4.28. The number of rotatable bonds is 5. The van der Waals surface area contributed by atoms with Crippen LogP contribution in [0, 0.1) is 6.92 Å². The minimum absolute atomic E-state index is 0.135. The Labute approximate surface area is 162 Å². The smallest absolute Gasteiger partial charge is 0.340 e. The molecule has 0 unspecified atom stereocenters. The molecule has 1 amide bonds. The first-order valence-electron chi connectivity index (χ1n) is 8.38. The molecule has 10 heteroatoms. The van der Waals surface area contributed by atoms with Crippen molar-refractivity contribution in [3.63, 3.8) is 0 Å². The summed E-state index contributed by atoms with van der Waals surface area (Å²) in [6.45, 7) is 1.59. The number of carbonyl (C=O) groups excluding carboxylic acids is 2. The Kier molecular flexibility index (Phi) is 5.50. The topological polar surface area (TPSA) is 114 Å². The van der Waals surface area contributed by atoms with Crippen LogP contribution in [0.5, 0.6) is 5.75 Å². The lowest BCUT2D eigenvalue weighted by Crippen LogP contribution is -2.37. The number of sulfonamides is 1. The molecule has 2 heterocycles. The van der Waals surface area contributed by atoms with E-state index < -0.39 is 28.5 Å². The van der Waals surface area contributed by atoms with Gasteiger partial charge in [-0.25, -0.2) is 13.2 Å². The minimum Gasteiger partial charge on any atom is -0.495 e. The predicted molar refractivity (Wildman–Crippen MR) is 102 cm³/mol. The predicted octanol–water partition coefficient (Wildman–Crippen LogP) is 0.983. The Morgan fingerprint density at radius 3 is 2.82 bits per heavy atom. The van der Waals surface area contributed by atoms with Gasteiger partial charge in [0.05, 0.1) is 24.1 Å². The van der Waals surface area contributed by atoms with Gasteiger partial charge >= 0.3 is 5.97 Å². The molecule has 148 valence electrons. The number of ether oxygens (including phenoxy) is 2. The van der Waals surface area contributed by atoms with Crippen molar-refractivity contribution in [1.29, 1.82) is 0 Å². The molecule has 1 N–H and O–H groups in total. The van der Waals surface area contributed by atoms with Crippen LogP contribution in [0.1, 0.15) is 5.56 Å². The number of methoxy groups -OCH3 is 1. The molecular formula is C18H19N3O6S. The van der Waals surface area contributed by atoms with Crippen LogP contribution in [0.15, 0.2) is 46.5 Å². The summed E-state index contributed by atoms with van der Waals surface area (Å²) in [5.74, 6) is -0.606. The molecule has 0 aromatic heterocycles. The molecule has 0 radical (unpaired) electrons. The van der Waals surface area contributed by atoms with Gasteiger partial charge in [-0.2, -0.15) is 0 Å². The highest BCUT2D eigenvalue weighted by Crippen LogP contribution is 2.25. The van der Waals surface area contributed by atoms with Gasteiger partial charge in [-0.15, -0.1) is 4.40 Å². The average Bonchev–Trinajstić information content (AvgIpc) is 2.65. The van der Waals surface area contributed by atoms with Gasteiger partial charge in [0.15, 0.2) is 6.61 Å². The van der Waals surface area contributed by atoms with Crippen LogP contribution in [0.2, 0.25) is 0 Å². The van der Waals surface area contributed by atoms with E-state index in [0.717, 1.165) is 5.56 Å². The molecule has 0 bridgehead atoms. The van der Waals surface area contributed by atoms with E-state index in [0.29, 0.717) is 11.4 Å². The first kappa shape index (κ1) is 19.6. The van der Waals surface area contributed by atoms with E-state index in [1.807, 2.05) is 13.0 Å².